The first-order chi connectivity index (χ1) is 11.8. The molecule has 2 aromatic rings. The number of carbonyl (C=O) groups excluding carboxylic acids is 1. The lowest BCUT2D eigenvalue weighted by Gasteiger charge is -2.16. The Bertz CT molecular complexity index is 865. The standard InChI is InChI=1S/C18H18ClN3O2S/c1-18(2,3)16-21-22-17(25-16)20-15(23)7-4-11-8-12-9-13(19)5-6-14(12)24-10-11/h4-9H,10H2,1-3H3,(H,20,22,23)/b7-4+. The van der Waals surface area contributed by atoms with E-state index in [1.54, 1.807) is 12.1 Å². The van der Waals surface area contributed by atoms with Crippen molar-refractivity contribution in [1.29, 1.82) is 0 Å². The molecule has 0 spiro atoms. The van der Waals surface area contributed by atoms with Gasteiger partial charge in [0.05, 0.1) is 0 Å². The lowest BCUT2D eigenvalue weighted by molar-refractivity contribution is -0.111. The van der Waals surface area contributed by atoms with Gasteiger partial charge in [-0.1, -0.05) is 49.8 Å². The highest BCUT2D eigenvalue weighted by molar-refractivity contribution is 7.15. The van der Waals surface area contributed by atoms with E-state index in [1.807, 2.05) is 18.2 Å². The molecule has 1 aliphatic heterocycles. The monoisotopic (exact) mass is 375 g/mol. The summed E-state index contributed by atoms with van der Waals surface area (Å²) in [6, 6.07) is 5.46. The predicted octanol–water partition coefficient (Wildman–Crippen LogP) is 4.46. The van der Waals surface area contributed by atoms with Gasteiger partial charge in [-0.2, -0.15) is 0 Å². The maximum absolute atomic E-state index is 12.1. The largest absolute Gasteiger partial charge is 0.488 e. The molecule has 1 N–H and O–H groups in total. The molecule has 25 heavy (non-hydrogen) atoms. The number of rotatable bonds is 3. The van der Waals surface area contributed by atoms with Gasteiger partial charge in [0.2, 0.25) is 11.0 Å². The Hall–Kier alpha value is -2.18. The molecule has 0 radical (unpaired) electrons. The number of ether oxygens (including phenoxy) is 1. The Labute approximate surface area is 155 Å². The Balaban J connectivity index is 1.66. The molecule has 1 aliphatic rings. The van der Waals surface area contributed by atoms with Gasteiger partial charge in [-0.25, -0.2) is 0 Å². The first-order valence-corrected chi connectivity index (χ1v) is 8.97. The number of hydrogen-bond acceptors (Lipinski definition) is 5. The summed E-state index contributed by atoms with van der Waals surface area (Å²) >= 11 is 7.38. The van der Waals surface area contributed by atoms with Gasteiger partial charge in [0.25, 0.3) is 0 Å². The summed E-state index contributed by atoms with van der Waals surface area (Å²) in [7, 11) is 0. The highest BCUT2D eigenvalue weighted by Crippen LogP contribution is 2.29. The second-order valence-corrected chi connectivity index (χ2v) is 8.09. The van der Waals surface area contributed by atoms with Crippen molar-refractivity contribution in [2.24, 2.45) is 0 Å². The minimum absolute atomic E-state index is 0.0879. The zero-order valence-corrected chi connectivity index (χ0v) is 15.7. The fourth-order valence-corrected chi connectivity index (χ4v) is 3.15. The van der Waals surface area contributed by atoms with Crippen LogP contribution in [-0.4, -0.2) is 22.7 Å². The number of amides is 1. The van der Waals surface area contributed by atoms with Crippen LogP contribution >= 0.6 is 22.9 Å². The Morgan fingerprint density at radius 3 is 2.88 bits per heavy atom. The molecule has 130 valence electrons. The van der Waals surface area contributed by atoms with Crippen molar-refractivity contribution < 1.29 is 9.53 Å². The number of carbonyl (C=O) groups is 1. The van der Waals surface area contributed by atoms with Gasteiger partial charge in [-0.05, 0) is 29.8 Å². The van der Waals surface area contributed by atoms with Crippen molar-refractivity contribution in [3.63, 3.8) is 0 Å². The third kappa shape index (κ3) is 4.46. The molecule has 1 aromatic heterocycles. The first kappa shape index (κ1) is 17.6. The average Bonchev–Trinajstić information content (AvgIpc) is 3.01. The van der Waals surface area contributed by atoms with E-state index in [0.29, 0.717) is 16.8 Å². The molecule has 0 fully saturated rings. The number of fused-ring (bicyclic) bond motifs is 1. The van der Waals surface area contributed by atoms with Crippen molar-refractivity contribution in [3.05, 3.63) is 51.5 Å². The molecule has 1 aromatic carbocycles. The van der Waals surface area contributed by atoms with Crippen LogP contribution in [0.1, 0.15) is 31.3 Å². The van der Waals surface area contributed by atoms with Crippen LogP contribution in [0.15, 0.2) is 35.9 Å². The zero-order valence-electron chi connectivity index (χ0n) is 14.2. The molecule has 0 atom stereocenters. The van der Waals surface area contributed by atoms with E-state index in [-0.39, 0.29) is 11.3 Å². The van der Waals surface area contributed by atoms with Gasteiger partial charge in [0.1, 0.15) is 17.4 Å². The van der Waals surface area contributed by atoms with E-state index >= 15 is 0 Å². The molecule has 0 saturated heterocycles. The van der Waals surface area contributed by atoms with Crippen LogP contribution in [0.2, 0.25) is 5.02 Å². The van der Waals surface area contributed by atoms with Crippen LogP contribution in [0.4, 0.5) is 5.13 Å². The minimum atomic E-state index is -0.255. The molecular formula is C18H18ClN3O2S. The molecule has 0 saturated carbocycles. The van der Waals surface area contributed by atoms with Crippen molar-refractivity contribution in [2.45, 2.75) is 26.2 Å². The van der Waals surface area contributed by atoms with Crippen molar-refractivity contribution >= 4 is 40.1 Å². The molecular weight excluding hydrogens is 358 g/mol. The summed E-state index contributed by atoms with van der Waals surface area (Å²) in [6.45, 7) is 6.57. The highest BCUT2D eigenvalue weighted by atomic mass is 35.5. The molecule has 1 amide bonds. The second-order valence-electron chi connectivity index (χ2n) is 6.68. The lowest BCUT2D eigenvalue weighted by Crippen LogP contribution is -2.10. The van der Waals surface area contributed by atoms with Crippen LogP contribution in [0, 0.1) is 0 Å². The Morgan fingerprint density at radius 1 is 1.36 bits per heavy atom. The quantitative estimate of drug-likeness (QED) is 0.804. The van der Waals surface area contributed by atoms with E-state index in [9.17, 15) is 4.79 Å². The number of benzene rings is 1. The molecule has 2 heterocycles. The van der Waals surface area contributed by atoms with Crippen molar-refractivity contribution in [1.82, 2.24) is 10.2 Å². The maximum atomic E-state index is 12.1. The van der Waals surface area contributed by atoms with Crippen molar-refractivity contribution in [2.75, 3.05) is 11.9 Å². The minimum Gasteiger partial charge on any atom is -0.488 e. The van der Waals surface area contributed by atoms with Crippen LogP contribution in [0.25, 0.3) is 6.08 Å². The summed E-state index contributed by atoms with van der Waals surface area (Å²) in [5.74, 6) is 0.531. The number of nitrogens with zero attached hydrogens (tertiary/aromatic N) is 2. The number of anilines is 1. The first-order valence-electron chi connectivity index (χ1n) is 7.77. The van der Waals surface area contributed by atoms with Gasteiger partial charge in [-0.3, -0.25) is 10.1 Å². The van der Waals surface area contributed by atoms with Crippen LogP contribution in [0.3, 0.4) is 0 Å². The molecule has 0 aliphatic carbocycles. The van der Waals surface area contributed by atoms with Gasteiger partial charge in [-0.15, -0.1) is 10.2 Å². The van der Waals surface area contributed by atoms with Gasteiger partial charge in [0.15, 0.2) is 0 Å². The Morgan fingerprint density at radius 2 is 2.16 bits per heavy atom. The molecule has 5 nitrogen and oxygen atoms in total. The van der Waals surface area contributed by atoms with E-state index in [2.05, 4.69) is 36.3 Å². The summed E-state index contributed by atoms with van der Waals surface area (Å²) in [4.78, 5) is 12.1. The van der Waals surface area contributed by atoms with Gasteiger partial charge >= 0.3 is 0 Å². The third-order valence-electron chi connectivity index (χ3n) is 3.45. The number of halogens is 1. The summed E-state index contributed by atoms with van der Waals surface area (Å²) in [6.07, 6.45) is 5.14. The molecule has 0 unspecified atom stereocenters. The molecule has 7 heteroatoms. The lowest BCUT2D eigenvalue weighted by atomic mass is 9.98. The van der Waals surface area contributed by atoms with Crippen LogP contribution in [-0.2, 0) is 10.2 Å². The van der Waals surface area contributed by atoms with Crippen molar-refractivity contribution in [3.8, 4) is 5.75 Å². The maximum Gasteiger partial charge on any atom is 0.250 e. The highest BCUT2D eigenvalue weighted by Gasteiger charge is 2.19. The summed E-state index contributed by atoms with van der Waals surface area (Å²) in [5.41, 5.74) is 1.70. The van der Waals surface area contributed by atoms with Gasteiger partial charge < -0.3 is 4.74 Å². The molecule has 3 rings (SSSR count). The fourth-order valence-electron chi connectivity index (χ4n) is 2.17. The van der Waals surface area contributed by atoms with Crippen LogP contribution in [0.5, 0.6) is 5.75 Å². The Kier molecular flexibility index (Phi) is 4.92. The smallest absolute Gasteiger partial charge is 0.250 e. The van der Waals surface area contributed by atoms with Gasteiger partial charge in [0, 0.05) is 22.1 Å². The van der Waals surface area contributed by atoms with Crippen LogP contribution < -0.4 is 10.1 Å². The average molecular weight is 376 g/mol. The van der Waals surface area contributed by atoms with E-state index in [0.717, 1.165) is 21.9 Å². The SMILES string of the molecule is CC(C)(C)c1nnc(NC(=O)/C=C/C2=Cc3cc(Cl)ccc3OC2)s1. The second kappa shape index (κ2) is 6.98. The molecule has 0 bridgehead atoms. The fraction of sp³-hybridized carbons (Fsp3) is 0.278. The third-order valence-corrected chi connectivity index (χ3v) is 4.95. The number of nitrogens with one attached hydrogen (secondary N) is 1. The topological polar surface area (TPSA) is 64.1 Å². The number of hydrogen-bond donors (Lipinski definition) is 1. The number of aromatic nitrogens is 2. The zero-order chi connectivity index (χ0) is 18.0. The van der Waals surface area contributed by atoms with E-state index in [4.69, 9.17) is 16.3 Å². The van der Waals surface area contributed by atoms with E-state index in [1.165, 1.54) is 17.4 Å². The summed E-state index contributed by atoms with van der Waals surface area (Å²) < 4.78 is 5.65. The normalized spacial score (nSPS) is 14.0. The predicted molar refractivity (Wildman–Crippen MR) is 101 cm³/mol. The summed E-state index contributed by atoms with van der Waals surface area (Å²) in [5, 5.41) is 12.9. The van der Waals surface area contributed by atoms with E-state index < -0.39 is 0 Å².